The normalized spacial score (nSPS) is 19.8. The molecular weight excluding hydrogens is 404 g/mol. The molecule has 0 atom stereocenters. The maximum atomic E-state index is 13.0. The number of nitrogens with zero attached hydrogens (tertiary/aromatic N) is 3. The van der Waals surface area contributed by atoms with Crippen molar-refractivity contribution in [2.45, 2.75) is 24.7 Å². The molecule has 2 aliphatic heterocycles. The molecule has 8 nitrogen and oxygen atoms in total. The lowest BCUT2D eigenvalue weighted by Crippen LogP contribution is -2.46. The summed E-state index contributed by atoms with van der Waals surface area (Å²) >= 11 is 0. The first kappa shape index (κ1) is 23.0. The van der Waals surface area contributed by atoms with Crippen molar-refractivity contribution >= 4 is 15.9 Å². The molecule has 1 aromatic carbocycles. The molecule has 1 N–H and O–H groups in total. The molecule has 0 bridgehead atoms. The highest BCUT2D eigenvalue weighted by Gasteiger charge is 2.26. The number of hydrogen-bond acceptors (Lipinski definition) is 6. The predicted molar refractivity (Wildman–Crippen MR) is 116 cm³/mol. The van der Waals surface area contributed by atoms with Gasteiger partial charge in [-0.15, -0.1) is 0 Å². The monoisotopic (exact) mass is 438 g/mol. The highest BCUT2D eigenvalue weighted by molar-refractivity contribution is 7.89. The molecule has 2 aliphatic rings. The molecule has 3 rings (SSSR count). The van der Waals surface area contributed by atoms with E-state index in [1.807, 2.05) is 0 Å². The highest BCUT2D eigenvalue weighted by Crippen LogP contribution is 2.26. The summed E-state index contributed by atoms with van der Waals surface area (Å²) in [5.74, 6) is 0.829. The molecule has 0 saturated carbocycles. The van der Waals surface area contributed by atoms with E-state index in [0.717, 1.165) is 39.0 Å². The number of carbonyl (C=O) groups excluding carboxylic acids is 1. The molecule has 0 radical (unpaired) electrons. The number of likely N-dealkylation sites (N-methyl/N-ethyl adjacent to an activating group) is 1. The van der Waals surface area contributed by atoms with Gasteiger partial charge in [0, 0.05) is 52.4 Å². The quantitative estimate of drug-likeness (QED) is 0.686. The molecule has 1 amide bonds. The van der Waals surface area contributed by atoms with Gasteiger partial charge in [0.2, 0.25) is 10.0 Å². The minimum atomic E-state index is -3.71. The molecule has 1 aromatic rings. The summed E-state index contributed by atoms with van der Waals surface area (Å²) in [7, 11) is -0.122. The van der Waals surface area contributed by atoms with Gasteiger partial charge in [-0.1, -0.05) is 6.92 Å². The Hall–Kier alpha value is -1.68. The van der Waals surface area contributed by atoms with Crippen LogP contribution in [0, 0.1) is 5.92 Å². The van der Waals surface area contributed by atoms with Gasteiger partial charge in [-0.25, -0.2) is 13.1 Å². The van der Waals surface area contributed by atoms with Crippen LogP contribution in [0.4, 0.5) is 0 Å². The third-order valence-corrected chi connectivity index (χ3v) is 7.56. The van der Waals surface area contributed by atoms with Gasteiger partial charge in [-0.05, 0) is 44.0 Å². The average molecular weight is 439 g/mol. The number of nitrogens with one attached hydrogen (secondary N) is 1. The number of piperazine rings is 1. The first-order chi connectivity index (χ1) is 14.3. The van der Waals surface area contributed by atoms with Crippen LogP contribution in [0.3, 0.4) is 0 Å². The molecular formula is C21H34N4O4S. The number of amides is 1. The van der Waals surface area contributed by atoms with Gasteiger partial charge in [0.05, 0.1) is 17.6 Å². The summed E-state index contributed by atoms with van der Waals surface area (Å²) in [4.78, 5) is 19.4. The van der Waals surface area contributed by atoms with Crippen molar-refractivity contribution in [1.29, 1.82) is 0 Å². The Labute approximate surface area is 180 Å². The fourth-order valence-electron chi connectivity index (χ4n) is 3.90. The predicted octanol–water partition coefficient (Wildman–Crippen LogP) is 1.09. The Bertz CT molecular complexity index is 829. The number of rotatable bonds is 7. The number of carbonyl (C=O) groups is 1. The molecule has 0 aliphatic carbocycles. The number of hydrogen-bond donors (Lipinski definition) is 1. The Morgan fingerprint density at radius 1 is 1.13 bits per heavy atom. The lowest BCUT2D eigenvalue weighted by molar-refractivity contribution is 0.0693. The molecule has 30 heavy (non-hydrogen) atoms. The molecule has 0 aromatic heterocycles. The molecule has 0 unspecified atom stereocenters. The first-order valence-corrected chi connectivity index (χ1v) is 12.2. The van der Waals surface area contributed by atoms with E-state index in [9.17, 15) is 13.2 Å². The zero-order chi connectivity index (χ0) is 21.7. The highest BCUT2D eigenvalue weighted by atomic mass is 32.2. The summed E-state index contributed by atoms with van der Waals surface area (Å²) < 4.78 is 33.6. The molecule has 2 saturated heterocycles. The van der Waals surface area contributed by atoms with Crippen molar-refractivity contribution in [3.05, 3.63) is 23.8 Å². The van der Waals surface area contributed by atoms with Crippen LogP contribution in [0.5, 0.6) is 5.75 Å². The van der Waals surface area contributed by atoms with Gasteiger partial charge in [0.25, 0.3) is 5.91 Å². The number of piperidine rings is 1. The van der Waals surface area contributed by atoms with E-state index < -0.39 is 10.0 Å². The van der Waals surface area contributed by atoms with E-state index in [1.54, 1.807) is 11.0 Å². The second kappa shape index (κ2) is 10.1. The van der Waals surface area contributed by atoms with E-state index in [0.29, 0.717) is 43.4 Å². The van der Waals surface area contributed by atoms with Crippen molar-refractivity contribution < 1.29 is 17.9 Å². The van der Waals surface area contributed by atoms with Crippen LogP contribution in [0.1, 0.15) is 30.1 Å². The third-order valence-electron chi connectivity index (χ3n) is 6.10. The fraction of sp³-hybridized carbons (Fsp3) is 0.667. The van der Waals surface area contributed by atoms with Gasteiger partial charge < -0.3 is 14.5 Å². The number of likely N-dealkylation sites (tertiary alicyclic amines) is 1. The van der Waals surface area contributed by atoms with Crippen LogP contribution in [0.15, 0.2) is 23.1 Å². The van der Waals surface area contributed by atoms with E-state index in [4.69, 9.17) is 4.74 Å². The number of ether oxygens (including phenoxy) is 1. The minimum absolute atomic E-state index is 0.0930. The van der Waals surface area contributed by atoms with E-state index in [1.165, 1.54) is 19.2 Å². The maximum Gasteiger partial charge on any atom is 0.257 e. The summed E-state index contributed by atoms with van der Waals surface area (Å²) in [6.07, 6.45) is 1.92. The standard InChI is InChI=1S/C21H34N4O4S/c1-17-6-9-25(10-7-17)21(26)19-16-18(4-5-20(19)29-3)30(27,28)22-8-11-24-14-12-23(2)13-15-24/h4-5,16-17,22H,6-15H2,1-3H3. The summed E-state index contributed by atoms with van der Waals surface area (Å²) in [6.45, 7) is 8.42. The second-order valence-corrected chi connectivity index (χ2v) is 10.1. The van der Waals surface area contributed by atoms with Crippen molar-refractivity contribution in [3.63, 3.8) is 0 Å². The second-order valence-electron chi connectivity index (χ2n) is 8.38. The van der Waals surface area contributed by atoms with Gasteiger partial charge in [0.1, 0.15) is 5.75 Å². The van der Waals surface area contributed by atoms with Crippen molar-refractivity contribution in [3.8, 4) is 5.75 Å². The van der Waals surface area contributed by atoms with Crippen LogP contribution in [-0.2, 0) is 10.0 Å². The van der Waals surface area contributed by atoms with Gasteiger partial charge in [-0.2, -0.15) is 0 Å². The minimum Gasteiger partial charge on any atom is -0.496 e. The van der Waals surface area contributed by atoms with Crippen molar-refractivity contribution in [2.24, 2.45) is 5.92 Å². The van der Waals surface area contributed by atoms with Crippen LogP contribution >= 0.6 is 0 Å². The topological polar surface area (TPSA) is 82.2 Å². The van der Waals surface area contributed by atoms with Crippen LogP contribution in [0.2, 0.25) is 0 Å². The molecule has 168 valence electrons. The van der Waals surface area contributed by atoms with Crippen molar-refractivity contribution in [1.82, 2.24) is 19.4 Å². The fourth-order valence-corrected chi connectivity index (χ4v) is 4.94. The SMILES string of the molecule is COc1ccc(S(=O)(=O)NCCN2CCN(C)CC2)cc1C(=O)N1CCC(C)CC1. The Morgan fingerprint density at radius 3 is 2.43 bits per heavy atom. The van der Waals surface area contributed by atoms with Gasteiger partial charge in [0.15, 0.2) is 0 Å². The molecule has 0 spiro atoms. The van der Waals surface area contributed by atoms with E-state index in [2.05, 4.69) is 28.5 Å². The number of benzene rings is 1. The van der Waals surface area contributed by atoms with Gasteiger partial charge >= 0.3 is 0 Å². The Morgan fingerprint density at radius 2 is 1.80 bits per heavy atom. The zero-order valence-corrected chi connectivity index (χ0v) is 19.1. The summed E-state index contributed by atoms with van der Waals surface area (Å²) in [5, 5.41) is 0. The summed E-state index contributed by atoms with van der Waals surface area (Å²) in [6, 6.07) is 4.50. The zero-order valence-electron chi connectivity index (χ0n) is 18.3. The number of methoxy groups -OCH3 is 1. The Balaban J connectivity index is 1.67. The molecule has 2 fully saturated rings. The smallest absolute Gasteiger partial charge is 0.257 e. The molecule has 2 heterocycles. The summed E-state index contributed by atoms with van der Waals surface area (Å²) in [5.41, 5.74) is 0.300. The largest absolute Gasteiger partial charge is 0.496 e. The van der Waals surface area contributed by atoms with E-state index in [-0.39, 0.29) is 10.8 Å². The number of sulfonamides is 1. The van der Waals surface area contributed by atoms with Gasteiger partial charge in [-0.3, -0.25) is 9.69 Å². The molecule has 9 heteroatoms. The first-order valence-electron chi connectivity index (χ1n) is 10.7. The maximum absolute atomic E-state index is 13.0. The lowest BCUT2D eigenvalue weighted by Gasteiger charge is -2.32. The van der Waals surface area contributed by atoms with Crippen LogP contribution < -0.4 is 9.46 Å². The van der Waals surface area contributed by atoms with Crippen LogP contribution in [-0.4, -0.2) is 95.5 Å². The van der Waals surface area contributed by atoms with E-state index >= 15 is 0 Å². The third kappa shape index (κ3) is 5.72. The van der Waals surface area contributed by atoms with Crippen LogP contribution in [0.25, 0.3) is 0 Å². The van der Waals surface area contributed by atoms with Crippen molar-refractivity contribution in [2.75, 3.05) is 66.5 Å². The average Bonchev–Trinajstić information content (AvgIpc) is 2.74. The lowest BCUT2D eigenvalue weighted by atomic mass is 9.98. The Kier molecular flexibility index (Phi) is 7.73.